The molecule has 0 saturated heterocycles. The lowest BCUT2D eigenvalue weighted by molar-refractivity contribution is -0.117. The lowest BCUT2D eigenvalue weighted by atomic mass is 10.0. The van der Waals surface area contributed by atoms with E-state index in [9.17, 15) is 22.8 Å². The third kappa shape index (κ3) is 9.99. The summed E-state index contributed by atoms with van der Waals surface area (Å²) in [6, 6.07) is 22.2. The predicted octanol–water partition coefficient (Wildman–Crippen LogP) is 4.34. The molecule has 0 bridgehead atoms. The Bertz CT molecular complexity index is 1760. The van der Waals surface area contributed by atoms with Crippen molar-refractivity contribution in [1.82, 2.24) is 16.0 Å². The molecule has 3 aromatic carbocycles. The van der Waals surface area contributed by atoms with Crippen molar-refractivity contribution >= 4 is 50.5 Å². The van der Waals surface area contributed by atoms with E-state index in [1.54, 1.807) is 6.92 Å². The first-order valence-electron chi connectivity index (χ1n) is 14.7. The number of nitrogens with zero attached hydrogens (tertiary/aromatic N) is 1. The molecule has 0 aliphatic rings. The minimum Gasteiger partial charge on any atom is -0.348 e. The minimum atomic E-state index is -3.68. The molecule has 0 fully saturated rings. The average molecular weight is 662 g/mol. The molecule has 10 nitrogen and oxygen atoms in total. The van der Waals surface area contributed by atoms with Crippen LogP contribution in [-0.2, 0) is 27.8 Å². The highest BCUT2D eigenvalue weighted by molar-refractivity contribution is 7.92. The van der Waals surface area contributed by atoms with Crippen LogP contribution in [0.1, 0.15) is 44.3 Å². The molecular weight excluding hydrogens is 623 g/mol. The molecule has 0 spiro atoms. The number of hydrogen-bond donors (Lipinski definition) is 4. The highest BCUT2D eigenvalue weighted by atomic mass is 32.2. The summed E-state index contributed by atoms with van der Waals surface area (Å²) < 4.78 is 25.8. The number of carbonyl (C=O) groups excluding carboxylic acids is 3. The van der Waals surface area contributed by atoms with Gasteiger partial charge in [0.2, 0.25) is 15.9 Å². The first-order chi connectivity index (χ1) is 21.9. The van der Waals surface area contributed by atoms with Crippen LogP contribution in [-0.4, -0.2) is 58.1 Å². The second kappa shape index (κ2) is 15.7. The van der Waals surface area contributed by atoms with Gasteiger partial charge in [-0.15, -0.1) is 0 Å². The van der Waals surface area contributed by atoms with Crippen molar-refractivity contribution in [3.8, 4) is 0 Å². The minimum absolute atomic E-state index is 0.124. The van der Waals surface area contributed by atoms with Gasteiger partial charge in [0, 0.05) is 43.0 Å². The third-order valence-electron chi connectivity index (χ3n) is 7.35. The van der Waals surface area contributed by atoms with Crippen LogP contribution < -0.4 is 25.6 Å². The third-order valence-corrected chi connectivity index (χ3v) is 9.28. The van der Waals surface area contributed by atoms with Crippen molar-refractivity contribution < 1.29 is 22.8 Å². The largest absolute Gasteiger partial charge is 0.348 e. The van der Waals surface area contributed by atoms with Crippen molar-refractivity contribution in [2.24, 2.45) is 0 Å². The van der Waals surface area contributed by atoms with E-state index in [2.05, 4.69) is 21.3 Å². The highest BCUT2D eigenvalue weighted by Gasteiger charge is 2.22. The van der Waals surface area contributed by atoms with E-state index < -0.39 is 33.9 Å². The smallest absolute Gasteiger partial charge is 0.251 e. The molecule has 0 aliphatic heterocycles. The summed E-state index contributed by atoms with van der Waals surface area (Å²) in [7, 11) is -2.32. The number of carbonyl (C=O) groups is 3. The first-order valence-corrected chi connectivity index (χ1v) is 17.5. The summed E-state index contributed by atoms with van der Waals surface area (Å²) >= 11 is 1.54. The molecule has 0 aliphatic carbocycles. The zero-order valence-electron chi connectivity index (χ0n) is 26.2. The monoisotopic (exact) mass is 661 g/mol. The molecular formula is C34H39N5O5S2. The zero-order chi connectivity index (χ0) is 33.3. The van der Waals surface area contributed by atoms with Crippen molar-refractivity contribution in [1.29, 1.82) is 0 Å². The van der Waals surface area contributed by atoms with Gasteiger partial charge in [-0.2, -0.15) is 11.3 Å². The molecule has 0 radical (unpaired) electrons. The van der Waals surface area contributed by atoms with E-state index in [1.807, 2.05) is 78.3 Å². The summed E-state index contributed by atoms with van der Waals surface area (Å²) in [5, 5.41) is 15.9. The number of amides is 3. The number of sulfonamides is 1. The molecule has 242 valence electrons. The zero-order valence-corrected chi connectivity index (χ0v) is 27.9. The van der Waals surface area contributed by atoms with Crippen molar-refractivity contribution in [3.63, 3.8) is 0 Å². The van der Waals surface area contributed by atoms with Crippen LogP contribution in [0.3, 0.4) is 0 Å². The molecule has 46 heavy (non-hydrogen) atoms. The normalized spacial score (nSPS) is 12.5. The van der Waals surface area contributed by atoms with Gasteiger partial charge < -0.3 is 21.3 Å². The van der Waals surface area contributed by atoms with E-state index in [0.717, 1.165) is 27.3 Å². The Morgan fingerprint density at radius 1 is 0.891 bits per heavy atom. The quantitative estimate of drug-likeness (QED) is 0.159. The molecule has 12 heteroatoms. The van der Waals surface area contributed by atoms with E-state index >= 15 is 0 Å². The molecule has 0 saturated carbocycles. The average Bonchev–Trinajstić information content (AvgIpc) is 3.54. The van der Waals surface area contributed by atoms with E-state index in [-0.39, 0.29) is 35.8 Å². The maximum absolute atomic E-state index is 13.7. The highest BCUT2D eigenvalue weighted by Crippen LogP contribution is 2.21. The number of hydrogen-bond acceptors (Lipinski definition) is 7. The Balaban J connectivity index is 1.52. The number of aryl methyl sites for hydroxylation is 1. The second-order valence-corrected chi connectivity index (χ2v) is 14.0. The van der Waals surface area contributed by atoms with Gasteiger partial charge in [0.1, 0.15) is 0 Å². The van der Waals surface area contributed by atoms with E-state index in [1.165, 1.54) is 36.6 Å². The van der Waals surface area contributed by atoms with Crippen LogP contribution in [0, 0.1) is 6.92 Å². The number of thiophene rings is 1. The van der Waals surface area contributed by atoms with Gasteiger partial charge >= 0.3 is 0 Å². The van der Waals surface area contributed by atoms with Crippen molar-refractivity contribution in [2.75, 3.05) is 29.5 Å². The summed E-state index contributed by atoms with van der Waals surface area (Å²) in [5.74, 6) is -1.15. The molecule has 4 rings (SSSR count). The van der Waals surface area contributed by atoms with E-state index in [4.69, 9.17) is 0 Å². The second-order valence-electron chi connectivity index (χ2n) is 11.2. The summed E-state index contributed by atoms with van der Waals surface area (Å²) in [6.45, 7) is 4.23. The number of benzene rings is 3. The molecule has 1 aromatic heterocycles. The van der Waals surface area contributed by atoms with Crippen LogP contribution in [0.15, 0.2) is 89.6 Å². The number of nitrogens with one attached hydrogen (secondary N) is 4. The van der Waals surface area contributed by atoms with Crippen LogP contribution in [0.5, 0.6) is 0 Å². The summed E-state index contributed by atoms with van der Waals surface area (Å²) in [4.78, 5) is 39.8. The van der Waals surface area contributed by atoms with E-state index in [0.29, 0.717) is 12.1 Å². The fraction of sp³-hybridized carbons (Fsp3) is 0.265. The summed E-state index contributed by atoms with van der Waals surface area (Å²) in [6.07, 6.45) is 1.54. The number of anilines is 2. The van der Waals surface area contributed by atoms with Crippen molar-refractivity contribution in [3.05, 3.63) is 117 Å². The van der Waals surface area contributed by atoms with Gasteiger partial charge in [0.05, 0.1) is 18.0 Å². The maximum Gasteiger partial charge on any atom is 0.251 e. The Labute approximate surface area is 274 Å². The van der Waals surface area contributed by atoms with Crippen LogP contribution in [0.4, 0.5) is 11.4 Å². The Kier molecular flexibility index (Phi) is 11.7. The Morgan fingerprint density at radius 3 is 2.26 bits per heavy atom. The molecule has 3 amide bonds. The first kappa shape index (κ1) is 34.4. The lowest BCUT2D eigenvalue weighted by Crippen LogP contribution is -2.48. The van der Waals surface area contributed by atoms with Crippen molar-refractivity contribution in [2.45, 2.75) is 38.9 Å². The predicted molar refractivity (Wildman–Crippen MR) is 184 cm³/mol. The Morgan fingerprint density at radius 2 is 1.61 bits per heavy atom. The van der Waals surface area contributed by atoms with Gasteiger partial charge in [-0.05, 0) is 84.1 Å². The molecule has 0 unspecified atom stereocenters. The Hall–Kier alpha value is -4.52. The van der Waals surface area contributed by atoms with Crippen LogP contribution >= 0.6 is 11.3 Å². The van der Waals surface area contributed by atoms with Gasteiger partial charge in [-0.3, -0.25) is 18.7 Å². The molecule has 2 atom stereocenters. The molecule has 4 N–H and O–H groups in total. The van der Waals surface area contributed by atoms with Gasteiger partial charge in [0.15, 0.2) is 0 Å². The van der Waals surface area contributed by atoms with Crippen LogP contribution in [0.2, 0.25) is 0 Å². The molecule has 4 aromatic rings. The van der Waals surface area contributed by atoms with Gasteiger partial charge in [-0.25, -0.2) is 8.42 Å². The SMILES string of the molecule is Cc1cccc(NC(=O)[C@H](C)NC[C@H](Cc2ccsc2)NC(=O)c2cc(C(=O)NCc3ccccc3)cc(N(C)S(C)(=O)=O)c2)c1. The summed E-state index contributed by atoms with van der Waals surface area (Å²) in [5.41, 5.74) is 4.07. The number of rotatable bonds is 14. The van der Waals surface area contributed by atoms with Gasteiger partial charge in [0.25, 0.3) is 11.8 Å². The fourth-order valence-corrected chi connectivity index (χ4v) is 5.82. The lowest BCUT2D eigenvalue weighted by Gasteiger charge is -2.23. The maximum atomic E-state index is 13.7. The van der Waals surface area contributed by atoms with Gasteiger partial charge in [-0.1, -0.05) is 42.5 Å². The molecule has 1 heterocycles. The standard InChI is InChI=1S/C34H39N5O5S2/c1-23-9-8-12-29(15-23)37-32(40)24(2)35-21-30(16-26-13-14-45-22-26)38-34(42)28-17-27(18-31(19-28)39(3)46(4,43)44)33(41)36-20-25-10-6-5-7-11-25/h5-15,17-19,22,24,30,35H,16,20-21H2,1-4H3,(H,36,41)(H,37,40)(H,38,42)/t24-,30-/m0/s1. The fourth-order valence-electron chi connectivity index (χ4n) is 4.65. The topological polar surface area (TPSA) is 137 Å². The van der Waals surface area contributed by atoms with Crippen LogP contribution in [0.25, 0.3) is 0 Å².